The highest BCUT2D eigenvalue weighted by Crippen LogP contribution is 2.30. The summed E-state index contributed by atoms with van der Waals surface area (Å²) in [5.41, 5.74) is 0. The molecule has 0 amide bonds. The first-order valence-electron chi connectivity index (χ1n) is 4.61. The molecule has 0 aromatic carbocycles. The largest absolute Gasteiger partial charge is 0.395 e. The normalized spacial score (nSPS) is 25.2. The zero-order valence-electron chi connectivity index (χ0n) is 8.05. The lowest BCUT2D eigenvalue weighted by atomic mass is 10.1. The molecule has 0 aromatic heterocycles. The monoisotopic (exact) mass is 189 g/mol. The first-order valence-corrected chi connectivity index (χ1v) is 5.60. The second-order valence-electron chi connectivity index (χ2n) is 3.92. The molecule has 0 bridgehead atoms. The summed E-state index contributed by atoms with van der Waals surface area (Å²) < 4.78 is 0.435. The van der Waals surface area contributed by atoms with Gasteiger partial charge in [-0.25, -0.2) is 0 Å². The highest BCUT2D eigenvalue weighted by molar-refractivity contribution is 8.00. The molecular weight excluding hydrogens is 170 g/mol. The SMILES string of the molecule is CC1(C)CCN(CCO)CCS1. The van der Waals surface area contributed by atoms with Crippen molar-refractivity contribution in [2.24, 2.45) is 0 Å². The van der Waals surface area contributed by atoms with E-state index in [2.05, 4.69) is 18.7 Å². The average molecular weight is 189 g/mol. The van der Waals surface area contributed by atoms with Gasteiger partial charge in [-0.2, -0.15) is 11.8 Å². The van der Waals surface area contributed by atoms with Gasteiger partial charge in [0.25, 0.3) is 0 Å². The lowest BCUT2D eigenvalue weighted by Crippen LogP contribution is -2.29. The van der Waals surface area contributed by atoms with Crippen molar-refractivity contribution in [1.29, 1.82) is 0 Å². The highest BCUT2D eigenvalue weighted by atomic mass is 32.2. The zero-order valence-corrected chi connectivity index (χ0v) is 8.86. The van der Waals surface area contributed by atoms with E-state index in [1.165, 1.54) is 12.2 Å². The standard InChI is InChI=1S/C9H19NOS/c1-9(2)3-4-10(5-7-11)6-8-12-9/h11H,3-8H2,1-2H3. The van der Waals surface area contributed by atoms with Gasteiger partial charge in [0.1, 0.15) is 0 Å². The molecule has 12 heavy (non-hydrogen) atoms. The van der Waals surface area contributed by atoms with Gasteiger partial charge in [-0.05, 0) is 13.0 Å². The van der Waals surface area contributed by atoms with E-state index < -0.39 is 0 Å². The first kappa shape index (κ1) is 10.4. The molecule has 0 saturated carbocycles. The predicted octanol–water partition coefficient (Wildman–Crippen LogP) is 1.20. The number of aliphatic hydroxyl groups excluding tert-OH is 1. The van der Waals surface area contributed by atoms with Gasteiger partial charge in [-0.15, -0.1) is 0 Å². The van der Waals surface area contributed by atoms with Crippen molar-refractivity contribution in [3.05, 3.63) is 0 Å². The van der Waals surface area contributed by atoms with Crippen LogP contribution in [0, 0.1) is 0 Å². The molecule has 3 heteroatoms. The number of hydrogen-bond acceptors (Lipinski definition) is 3. The fourth-order valence-corrected chi connectivity index (χ4v) is 2.57. The second kappa shape index (κ2) is 4.49. The summed E-state index contributed by atoms with van der Waals surface area (Å²) in [6, 6.07) is 0. The summed E-state index contributed by atoms with van der Waals surface area (Å²) >= 11 is 2.05. The Morgan fingerprint density at radius 3 is 2.83 bits per heavy atom. The van der Waals surface area contributed by atoms with Crippen LogP contribution in [0.15, 0.2) is 0 Å². The van der Waals surface area contributed by atoms with Crippen LogP contribution in [0.25, 0.3) is 0 Å². The molecule has 1 heterocycles. The molecule has 1 saturated heterocycles. The van der Waals surface area contributed by atoms with Crippen LogP contribution in [-0.4, -0.2) is 46.7 Å². The van der Waals surface area contributed by atoms with Crippen LogP contribution in [0.3, 0.4) is 0 Å². The lowest BCUT2D eigenvalue weighted by molar-refractivity contribution is 0.201. The Morgan fingerprint density at radius 2 is 2.17 bits per heavy atom. The Labute approximate surface area is 79.3 Å². The van der Waals surface area contributed by atoms with Crippen LogP contribution < -0.4 is 0 Å². The zero-order chi connectivity index (χ0) is 9.03. The number of β-amino-alcohol motifs (C(OH)–C–C–N with tert-alkyl or cyclic N) is 1. The predicted molar refractivity (Wildman–Crippen MR) is 54.7 cm³/mol. The van der Waals surface area contributed by atoms with Gasteiger partial charge in [0, 0.05) is 23.6 Å². The van der Waals surface area contributed by atoms with E-state index in [1.807, 2.05) is 11.8 Å². The fourth-order valence-electron chi connectivity index (χ4n) is 1.43. The molecule has 1 fully saturated rings. The highest BCUT2D eigenvalue weighted by Gasteiger charge is 2.22. The van der Waals surface area contributed by atoms with Gasteiger partial charge in [0.15, 0.2) is 0 Å². The minimum absolute atomic E-state index is 0.297. The van der Waals surface area contributed by atoms with E-state index in [0.29, 0.717) is 11.4 Å². The molecule has 0 unspecified atom stereocenters. The topological polar surface area (TPSA) is 23.5 Å². The van der Waals surface area contributed by atoms with Crippen molar-refractivity contribution >= 4 is 11.8 Å². The second-order valence-corrected chi connectivity index (χ2v) is 5.73. The van der Waals surface area contributed by atoms with Gasteiger partial charge in [0.2, 0.25) is 0 Å². The Balaban J connectivity index is 2.34. The quantitative estimate of drug-likeness (QED) is 0.706. The molecule has 0 aromatic rings. The molecule has 1 aliphatic heterocycles. The van der Waals surface area contributed by atoms with Crippen molar-refractivity contribution in [3.8, 4) is 0 Å². The summed E-state index contributed by atoms with van der Waals surface area (Å²) in [5, 5.41) is 8.79. The molecule has 0 radical (unpaired) electrons. The number of aliphatic hydroxyl groups is 1. The molecule has 72 valence electrons. The van der Waals surface area contributed by atoms with Crippen LogP contribution in [0.4, 0.5) is 0 Å². The van der Waals surface area contributed by atoms with Gasteiger partial charge in [-0.3, -0.25) is 0 Å². The Bertz CT molecular complexity index is 138. The Kier molecular flexibility index (Phi) is 3.87. The third kappa shape index (κ3) is 3.33. The van der Waals surface area contributed by atoms with Crippen molar-refractivity contribution < 1.29 is 5.11 Å². The number of rotatable bonds is 2. The minimum atomic E-state index is 0.297. The van der Waals surface area contributed by atoms with Crippen LogP contribution in [0.5, 0.6) is 0 Å². The maximum atomic E-state index is 8.79. The van der Waals surface area contributed by atoms with E-state index in [4.69, 9.17) is 5.11 Å². The molecular formula is C9H19NOS. The Hall–Kier alpha value is 0.270. The molecule has 1 rings (SSSR count). The van der Waals surface area contributed by atoms with Gasteiger partial charge in [0.05, 0.1) is 6.61 Å². The smallest absolute Gasteiger partial charge is 0.0558 e. The molecule has 0 aliphatic carbocycles. The lowest BCUT2D eigenvalue weighted by Gasteiger charge is -2.21. The maximum absolute atomic E-state index is 8.79. The maximum Gasteiger partial charge on any atom is 0.0558 e. The van der Waals surface area contributed by atoms with E-state index in [1.54, 1.807) is 0 Å². The Morgan fingerprint density at radius 1 is 1.42 bits per heavy atom. The van der Waals surface area contributed by atoms with Crippen LogP contribution in [0.2, 0.25) is 0 Å². The summed E-state index contributed by atoms with van der Waals surface area (Å²) in [4.78, 5) is 2.35. The fraction of sp³-hybridized carbons (Fsp3) is 1.00. The molecule has 2 nitrogen and oxygen atoms in total. The molecule has 0 spiro atoms. The first-order chi connectivity index (χ1) is 5.64. The van der Waals surface area contributed by atoms with Crippen molar-refractivity contribution in [2.45, 2.75) is 25.0 Å². The number of thioether (sulfide) groups is 1. The molecule has 0 atom stereocenters. The van der Waals surface area contributed by atoms with Gasteiger partial charge < -0.3 is 10.0 Å². The van der Waals surface area contributed by atoms with Crippen LogP contribution >= 0.6 is 11.8 Å². The summed E-state index contributed by atoms with van der Waals surface area (Å²) in [7, 11) is 0. The van der Waals surface area contributed by atoms with Crippen molar-refractivity contribution in [3.63, 3.8) is 0 Å². The minimum Gasteiger partial charge on any atom is -0.395 e. The van der Waals surface area contributed by atoms with E-state index in [0.717, 1.165) is 19.6 Å². The third-order valence-electron chi connectivity index (χ3n) is 2.35. The molecule has 1 N–H and O–H groups in total. The third-order valence-corrected chi connectivity index (χ3v) is 3.72. The van der Waals surface area contributed by atoms with Crippen LogP contribution in [-0.2, 0) is 0 Å². The van der Waals surface area contributed by atoms with E-state index >= 15 is 0 Å². The molecule has 1 aliphatic rings. The summed E-state index contributed by atoms with van der Waals surface area (Å²) in [6.45, 7) is 8.02. The van der Waals surface area contributed by atoms with Crippen molar-refractivity contribution in [2.75, 3.05) is 32.0 Å². The summed E-state index contributed by atoms with van der Waals surface area (Å²) in [6.07, 6.45) is 1.23. The summed E-state index contributed by atoms with van der Waals surface area (Å²) in [5.74, 6) is 1.20. The van der Waals surface area contributed by atoms with Gasteiger partial charge >= 0.3 is 0 Å². The number of nitrogens with zero attached hydrogens (tertiary/aromatic N) is 1. The van der Waals surface area contributed by atoms with E-state index in [9.17, 15) is 0 Å². The van der Waals surface area contributed by atoms with Crippen LogP contribution in [0.1, 0.15) is 20.3 Å². The number of hydrogen-bond donors (Lipinski definition) is 1. The average Bonchev–Trinajstić information content (AvgIpc) is 2.14. The van der Waals surface area contributed by atoms with Gasteiger partial charge in [-0.1, -0.05) is 13.8 Å². The van der Waals surface area contributed by atoms with E-state index in [-0.39, 0.29) is 0 Å². The van der Waals surface area contributed by atoms with Crippen molar-refractivity contribution in [1.82, 2.24) is 4.90 Å².